The Bertz CT molecular complexity index is 3670. The molecule has 0 spiro atoms. The van der Waals surface area contributed by atoms with Gasteiger partial charge in [0.15, 0.2) is 11.8 Å². The number of aromatic amines is 1. The first-order valence-corrected chi connectivity index (χ1v) is 30.6. The molecule has 27 nitrogen and oxygen atoms in total. The van der Waals surface area contributed by atoms with Crippen molar-refractivity contribution in [2.75, 3.05) is 44.7 Å². The summed E-state index contributed by atoms with van der Waals surface area (Å²) in [5.74, 6) is -3.42. The van der Waals surface area contributed by atoms with E-state index in [0.717, 1.165) is 11.1 Å². The molecular weight excluding hydrogens is 1150 g/mol. The molecule has 0 aliphatic carbocycles. The van der Waals surface area contributed by atoms with Crippen LogP contribution in [0.1, 0.15) is 100 Å². The smallest absolute Gasteiger partial charge is 0.323 e. The summed E-state index contributed by atoms with van der Waals surface area (Å²) in [5, 5.41) is 34.7. The lowest BCUT2D eigenvalue weighted by molar-refractivity contribution is -0.138. The first-order valence-electron chi connectivity index (χ1n) is 27.6. The van der Waals surface area contributed by atoms with Crippen LogP contribution in [-0.2, 0) is 63.7 Å². The van der Waals surface area contributed by atoms with E-state index in [4.69, 9.17) is 4.74 Å². The maximum absolute atomic E-state index is 13.9. The van der Waals surface area contributed by atoms with Crippen LogP contribution >= 0.6 is 0 Å². The Hall–Kier alpha value is -8.77. The number of ether oxygens (including phenoxy) is 1. The topological polar surface area (TPSA) is 393 Å². The number of imidazole rings is 1. The molecule has 3 heterocycles. The summed E-state index contributed by atoms with van der Waals surface area (Å²) in [6.07, 6.45) is 7.98. The molecule has 2 atom stereocenters. The normalized spacial score (nSPS) is 12.3. The monoisotopic (exact) mass is 1230 g/mol. The summed E-state index contributed by atoms with van der Waals surface area (Å²) in [7, 11) is -8.80. The van der Waals surface area contributed by atoms with Crippen molar-refractivity contribution in [3.8, 4) is 0 Å². The molecule has 0 radical (unpaired) electrons. The number of carboxylic acids is 1. The number of H-pyrrole nitrogens is 1. The molecule has 6 aromatic rings. The van der Waals surface area contributed by atoms with Gasteiger partial charge < -0.3 is 51.3 Å². The Morgan fingerprint density at radius 1 is 0.802 bits per heavy atom. The minimum atomic E-state index is -4.44. The van der Waals surface area contributed by atoms with Gasteiger partial charge in [0.2, 0.25) is 33.2 Å². The number of nitrogens with zero attached hydrogens (tertiary/aromatic N) is 5. The number of hydrogen-bond donors (Lipinski definition) is 10. The molecule has 10 N–H and O–H groups in total. The first kappa shape index (κ1) is 66.4. The molecule has 0 unspecified atom stereocenters. The van der Waals surface area contributed by atoms with Gasteiger partial charge in [-0.15, -0.1) is 5.11 Å². The molecule has 0 saturated heterocycles. The van der Waals surface area contributed by atoms with E-state index in [1.54, 1.807) is 74.1 Å². The minimum Gasteiger partial charge on any atom is -0.480 e. The zero-order chi connectivity index (χ0) is 62.4. The van der Waals surface area contributed by atoms with E-state index in [1.807, 2.05) is 6.92 Å². The number of azo groups is 1. The number of hydrogen-bond acceptors (Lipinski definition) is 17. The second-order valence-corrected chi connectivity index (χ2v) is 23.1. The number of anilines is 1. The Kier molecular flexibility index (Phi) is 24.6. The van der Waals surface area contributed by atoms with E-state index in [2.05, 4.69) is 61.8 Å². The number of carboxylic acid groups (broad SMARTS) is 1. The number of sulfonamides is 1. The third-order valence-corrected chi connectivity index (χ3v) is 15.9. The third-order valence-electron chi connectivity index (χ3n) is 13.2. The largest absolute Gasteiger partial charge is 0.480 e. The lowest BCUT2D eigenvalue weighted by atomic mass is 10.1. The van der Waals surface area contributed by atoms with Gasteiger partial charge in [0.05, 0.1) is 27.4 Å². The van der Waals surface area contributed by atoms with Crippen molar-refractivity contribution in [2.24, 2.45) is 10.2 Å². The van der Waals surface area contributed by atoms with Crippen molar-refractivity contribution in [1.29, 1.82) is 0 Å². The summed E-state index contributed by atoms with van der Waals surface area (Å²) in [6.45, 7) is 7.96. The number of rotatable bonds is 34. The van der Waals surface area contributed by atoms with Gasteiger partial charge in [0.25, 0.3) is 21.9 Å². The van der Waals surface area contributed by atoms with Crippen molar-refractivity contribution in [1.82, 2.24) is 50.8 Å². The highest BCUT2D eigenvalue weighted by Crippen LogP contribution is 2.23. The SMILES string of the molecule is CCC[C@H](NC(=O)c1ccc(N=NCc2ccccc2S(=O)(=O)O)nc1)C(=O)NCCCOCCCNC(=O)CCC(=O)NCCCn1cc(C(=O)NC[C@H](NS(=O)(=O)c2c(C)cc(C)cc2C)C(=O)O)c(=O)c2ccc(CNc3ncc[nH]3)cc21. The average Bonchev–Trinajstić information content (AvgIpc) is 3.12. The fourth-order valence-corrected chi connectivity index (χ4v) is 11.4. The average molecular weight is 1230 g/mol. The van der Waals surface area contributed by atoms with Gasteiger partial charge in [0, 0.05) is 95.5 Å². The number of aromatic nitrogens is 4. The van der Waals surface area contributed by atoms with Gasteiger partial charge in [-0.1, -0.05) is 55.3 Å². The zero-order valence-corrected chi connectivity index (χ0v) is 49.6. The number of fused-ring (bicyclic) bond motifs is 1. The fraction of sp³-hybridized carbons (Fsp3) is 0.386. The number of aliphatic carboxylic acids is 1. The standard InChI is InChI=1S/C57H71N13O14S2/c1-5-11-44(67-53(74)41-15-17-48(63-32-41)68-66-33-40-12-6-7-13-47(40)86(81,82)83)55(76)60-22-10-27-84-26-9-21-59-50(72)19-18-49(71)58-20-8-25-70-35-43(51(73)42-16-14-39(30-46(42)70)31-65-57-61-23-24-62-57)54(75)64-34-45(56(77)78)69-85(79,80)52-37(3)28-36(2)29-38(52)4/h6-7,12-17,23-24,28-30,32,35,44-45,69H,5,8-11,18-22,25-27,31,33-34H2,1-4H3,(H,58,71)(H,59,72)(H,60,76)(H,64,75)(H,67,74)(H,77,78)(H2,61,62,65)(H,81,82,83)/t44-,45-/m0/s1. The molecule has 0 aliphatic heterocycles. The number of pyridine rings is 2. The highest BCUT2D eigenvalue weighted by molar-refractivity contribution is 7.89. The van der Waals surface area contributed by atoms with Crippen LogP contribution in [-0.4, -0.2) is 133 Å². The van der Waals surface area contributed by atoms with Crippen LogP contribution in [0.3, 0.4) is 0 Å². The van der Waals surface area contributed by atoms with Gasteiger partial charge in [-0.3, -0.25) is 38.1 Å². The molecule has 0 fully saturated rings. The quantitative estimate of drug-likeness (QED) is 0.0153. The lowest BCUT2D eigenvalue weighted by Gasteiger charge is -2.19. The van der Waals surface area contributed by atoms with Crippen LogP contribution < -0.4 is 42.1 Å². The van der Waals surface area contributed by atoms with E-state index in [9.17, 15) is 60.1 Å². The maximum Gasteiger partial charge on any atom is 0.323 e. The van der Waals surface area contributed by atoms with Crippen LogP contribution in [0, 0.1) is 20.8 Å². The number of nitrogens with one attached hydrogen (secondary N) is 8. The van der Waals surface area contributed by atoms with E-state index in [1.165, 1.54) is 42.7 Å². The van der Waals surface area contributed by atoms with Crippen LogP contribution in [0.4, 0.5) is 11.8 Å². The molecular formula is C57H71N13O14S2. The molecule has 0 aliphatic rings. The molecule has 0 bridgehead atoms. The Morgan fingerprint density at radius 2 is 1.49 bits per heavy atom. The Balaban J connectivity index is 0.891. The number of aryl methyl sites for hydroxylation is 4. The van der Waals surface area contributed by atoms with Crippen molar-refractivity contribution in [3.05, 3.63) is 141 Å². The van der Waals surface area contributed by atoms with E-state index < -0.39 is 62.0 Å². The molecule has 86 heavy (non-hydrogen) atoms. The summed E-state index contributed by atoms with van der Waals surface area (Å²) < 4.78 is 69.0. The third kappa shape index (κ3) is 19.9. The Morgan fingerprint density at radius 3 is 2.13 bits per heavy atom. The van der Waals surface area contributed by atoms with Gasteiger partial charge >= 0.3 is 5.97 Å². The van der Waals surface area contributed by atoms with E-state index >= 15 is 0 Å². The van der Waals surface area contributed by atoms with Crippen LogP contribution in [0.5, 0.6) is 0 Å². The second-order valence-electron chi connectivity index (χ2n) is 20.0. The maximum atomic E-state index is 13.9. The molecule has 5 amide bonds. The first-order chi connectivity index (χ1) is 41.0. The van der Waals surface area contributed by atoms with Gasteiger partial charge in [-0.05, 0) is 99.0 Å². The highest BCUT2D eigenvalue weighted by Gasteiger charge is 2.29. The van der Waals surface area contributed by atoms with Gasteiger partial charge in [0.1, 0.15) is 17.6 Å². The summed E-state index contributed by atoms with van der Waals surface area (Å²) in [6, 6.07) is 14.5. The number of amides is 5. The predicted octanol–water partition coefficient (Wildman–Crippen LogP) is 4.26. The van der Waals surface area contributed by atoms with Crippen LogP contribution in [0.25, 0.3) is 10.9 Å². The molecule has 3 aromatic heterocycles. The second kappa shape index (κ2) is 31.9. The molecule has 3 aromatic carbocycles. The molecule has 0 saturated carbocycles. The van der Waals surface area contributed by atoms with Crippen LogP contribution in [0.2, 0.25) is 0 Å². The highest BCUT2D eigenvalue weighted by atomic mass is 32.2. The fourth-order valence-electron chi connectivity index (χ4n) is 9.09. The number of carbonyl (C=O) groups is 6. The minimum absolute atomic E-state index is 0.0725. The summed E-state index contributed by atoms with van der Waals surface area (Å²) >= 11 is 0. The zero-order valence-electron chi connectivity index (χ0n) is 48.0. The van der Waals surface area contributed by atoms with Crippen molar-refractivity contribution in [2.45, 2.75) is 114 Å². The number of carbonyl (C=O) groups excluding carboxylic acids is 5. The molecule has 29 heteroatoms. The Labute approximate surface area is 496 Å². The summed E-state index contributed by atoms with van der Waals surface area (Å²) in [4.78, 5) is 102. The number of benzene rings is 3. The van der Waals surface area contributed by atoms with E-state index in [0.29, 0.717) is 81.0 Å². The van der Waals surface area contributed by atoms with Crippen molar-refractivity contribution in [3.63, 3.8) is 0 Å². The van der Waals surface area contributed by atoms with Crippen molar-refractivity contribution < 1.29 is 60.0 Å². The lowest BCUT2D eigenvalue weighted by Crippen LogP contribution is -2.49. The molecule has 6 rings (SSSR count). The van der Waals surface area contributed by atoms with Crippen LogP contribution in [0.15, 0.2) is 116 Å². The predicted molar refractivity (Wildman–Crippen MR) is 317 cm³/mol. The van der Waals surface area contributed by atoms with Gasteiger partial charge in [-0.2, -0.15) is 18.3 Å². The summed E-state index contributed by atoms with van der Waals surface area (Å²) in [5.41, 5.74) is 2.33. The van der Waals surface area contributed by atoms with Crippen molar-refractivity contribution >= 4 is 78.3 Å². The van der Waals surface area contributed by atoms with Gasteiger partial charge in [-0.25, -0.2) is 18.4 Å². The van der Waals surface area contributed by atoms with E-state index in [-0.39, 0.29) is 94.4 Å². The molecule has 460 valence electrons.